The Kier molecular flexibility index (Phi) is 9.36. The summed E-state index contributed by atoms with van der Waals surface area (Å²) in [4.78, 5) is 12.7. The molecule has 0 aromatic rings. The van der Waals surface area contributed by atoms with Crippen LogP contribution in [-0.2, 0) is 4.79 Å². The maximum Gasteiger partial charge on any atom is 0.139 e. The predicted molar refractivity (Wildman–Crippen MR) is 97.1 cm³/mol. The van der Waals surface area contributed by atoms with Crippen molar-refractivity contribution in [2.75, 3.05) is 0 Å². The molecule has 0 aromatic heterocycles. The van der Waals surface area contributed by atoms with E-state index in [2.05, 4.69) is 27.7 Å². The number of carbonyl (C=O) groups excluding carboxylic acids is 1. The Hall–Kier alpha value is -0.330. The van der Waals surface area contributed by atoms with Gasteiger partial charge in [-0.05, 0) is 37.5 Å². The van der Waals surface area contributed by atoms with Crippen LogP contribution in [0.5, 0.6) is 0 Å². The first-order chi connectivity index (χ1) is 10.6. The molecule has 0 amide bonds. The number of hydrogen-bond donors (Lipinski definition) is 0. The number of hydrogen-bond acceptors (Lipinski definition) is 1. The highest BCUT2D eigenvalue weighted by Gasteiger charge is 2.43. The molecule has 0 N–H and O–H groups in total. The molecule has 0 aromatic carbocycles. The zero-order valence-corrected chi connectivity index (χ0v) is 15.8. The van der Waals surface area contributed by atoms with Gasteiger partial charge in [0.25, 0.3) is 0 Å². The van der Waals surface area contributed by atoms with Crippen LogP contribution in [-0.4, -0.2) is 5.78 Å². The van der Waals surface area contributed by atoms with Gasteiger partial charge in [-0.1, -0.05) is 79.1 Å². The second-order valence-corrected chi connectivity index (χ2v) is 7.80. The van der Waals surface area contributed by atoms with Crippen molar-refractivity contribution in [1.82, 2.24) is 0 Å². The summed E-state index contributed by atoms with van der Waals surface area (Å²) in [5.41, 5.74) is 0.0584. The maximum absolute atomic E-state index is 12.7. The summed E-state index contributed by atoms with van der Waals surface area (Å²) in [7, 11) is 0. The van der Waals surface area contributed by atoms with Gasteiger partial charge in [-0.2, -0.15) is 0 Å². The van der Waals surface area contributed by atoms with E-state index in [0.717, 1.165) is 24.7 Å². The van der Waals surface area contributed by atoms with Crippen molar-refractivity contribution in [3.63, 3.8) is 0 Å². The zero-order chi connectivity index (χ0) is 16.4. The standard InChI is InChI=1S/C21H40O/c1-5-9-12-18(7-3)16-21(15-11-14-20(21)22)17-19(8-4)13-10-6-2/h18-19H,5-17H2,1-4H3. The van der Waals surface area contributed by atoms with Crippen molar-refractivity contribution in [2.24, 2.45) is 17.3 Å². The van der Waals surface area contributed by atoms with Crippen molar-refractivity contribution in [2.45, 2.75) is 111 Å². The van der Waals surface area contributed by atoms with Crippen LogP contribution < -0.4 is 0 Å². The lowest BCUT2D eigenvalue weighted by molar-refractivity contribution is -0.128. The third-order valence-electron chi connectivity index (χ3n) is 6.10. The topological polar surface area (TPSA) is 17.1 Å². The van der Waals surface area contributed by atoms with Gasteiger partial charge < -0.3 is 0 Å². The molecule has 1 nitrogen and oxygen atoms in total. The minimum atomic E-state index is 0.0584. The summed E-state index contributed by atoms with van der Waals surface area (Å²) in [6, 6.07) is 0. The lowest BCUT2D eigenvalue weighted by Crippen LogP contribution is -2.31. The maximum atomic E-state index is 12.7. The molecular formula is C21H40O. The van der Waals surface area contributed by atoms with Gasteiger partial charge in [0.1, 0.15) is 5.78 Å². The van der Waals surface area contributed by atoms with Gasteiger partial charge in [-0.25, -0.2) is 0 Å². The Morgan fingerprint density at radius 3 is 1.73 bits per heavy atom. The fourth-order valence-corrected chi connectivity index (χ4v) is 4.50. The number of ketones is 1. The summed E-state index contributed by atoms with van der Waals surface area (Å²) in [5, 5.41) is 0. The van der Waals surface area contributed by atoms with Crippen molar-refractivity contribution in [3.05, 3.63) is 0 Å². The van der Waals surface area contributed by atoms with Crippen molar-refractivity contribution in [1.29, 1.82) is 0 Å². The molecule has 1 fully saturated rings. The Morgan fingerprint density at radius 2 is 1.41 bits per heavy atom. The van der Waals surface area contributed by atoms with Crippen LogP contribution in [0.1, 0.15) is 111 Å². The lowest BCUT2D eigenvalue weighted by Gasteiger charge is -2.35. The molecule has 2 unspecified atom stereocenters. The van der Waals surface area contributed by atoms with Gasteiger partial charge in [0.2, 0.25) is 0 Å². The third kappa shape index (κ3) is 5.70. The van der Waals surface area contributed by atoms with Gasteiger partial charge in [0.05, 0.1) is 0 Å². The van der Waals surface area contributed by atoms with E-state index in [1.165, 1.54) is 70.6 Å². The summed E-state index contributed by atoms with van der Waals surface area (Å²) in [6.45, 7) is 9.20. The molecule has 0 saturated heterocycles. The van der Waals surface area contributed by atoms with Crippen LogP contribution in [0, 0.1) is 17.3 Å². The summed E-state index contributed by atoms with van der Waals surface area (Å²) < 4.78 is 0. The fraction of sp³-hybridized carbons (Fsp3) is 0.952. The van der Waals surface area contributed by atoms with E-state index >= 15 is 0 Å². The second kappa shape index (κ2) is 10.4. The van der Waals surface area contributed by atoms with E-state index in [-0.39, 0.29) is 5.41 Å². The number of unbranched alkanes of at least 4 members (excludes halogenated alkanes) is 2. The molecular weight excluding hydrogens is 268 g/mol. The largest absolute Gasteiger partial charge is 0.299 e. The second-order valence-electron chi connectivity index (χ2n) is 7.80. The Balaban J connectivity index is 2.74. The molecule has 1 aliphatic carbocycles. The smallest absolute Gasteiger partial charge is 0.139 e. The SMILES string of the molecule is CCCCC(CC)CC1(CC(CC)CCCC)CCCC1=O. The van der Waals surface area contributed by atoms with Gasteiger partial charge in [-0.15, -0.1) is 0 Å². The molecule has 2 atom stereocenters. The van der Waals surface area contributed by atoms with Crippen LogP contribution >= 0.6 is 0 Å². The molecule has 0 spiro atoms. The third-order valence-corrected chi connectivity index (χ3v) is 6.10. The zero-order valence-electron chi connectivity index (χ0n) is 15.8. The quantitative estimate of drug-likeness (QED) is 0.381. The monoisotopic (exact) mass is 308 g/mol. The first kappa shape index (κ1) is 19.7. The summed E-state index contributed by atoms with van der Waals surface area (Å²) in [6.07, 6.45) is 15.9. The van der Waals surface area contributed by atoms with E-state index in [4.69, 9.17) is 0 Å². The van der Waals surface area contributed by atoms with Crippen LogP contribution in [0.2, 0.25) is 0 Å². The van der Waals surface area contributed by atoms with E-state index in [0.29, 0.717) is 5.78 Å². The average molecular weight is 309 g/mol. The van der Waals surface area contributed by atoms with Crippen LogP contribution in [0.25, 0.3) is 0 Å². The molecule has 22 heavy (non-hydrogen) atoms. The molecule has 130 valence electrons. The Morgan fingerprint density at radius 1 is 0.909 bits per heavy atom. The molecule has 1 heteroatoms. The summed E-state index contributed by atoms with van der Waals surface area (Å²) >= 11 is 0. The molecule has 0 radical (unpaired) electrons. The fourth-order valence-electron chi connectivity index (χ4n) is 4.50. The van der Waals surface area contributed by atoms with E-state index in [1.54, 1.807) is 0 Å². The van der Waals surface area contributed by atoms with E-state index < -0.39 is 0 Å². The first-order valence-corrected chi connectivity index (χ1v) is 10.1. The highest BCUT2D eigenvalue weighted by atomic mass is 16.1. The Bertz CT molecular complexity index is 289. The molecule has 1 rings (SSSR count). The normalized spacial score (nSPS) is 24.6. The van der Waals surface area contributed by atoms with Crippen LogP contribution in [0.3, 0.4) is 0 Å². The van der Waals surface area contributed by atoms with Crippen LogP contribution in [0.4, 0.5) is 0 Å². The van der Waals surface area contributed by atoms with E-state index in [9.17, 15) is 4.79 Å². The minimum Gasteiger partial charge on any atom is -0.299 e. The molecule has 0 aliphatic heterocycles. The first-order valence-electron chi connectivity index (χ1n) is 10.1. The number of rotatable bonds is 12. The summed E-state index contributed by atoms with van der Waals surface area (Å²) in [5.74, 6) is 2.15. The van der Waals surface area contributed by atoms with Gasteiger partial charge in [-0.3, -0.25) is 4.79 Å². The average Bonchev–Trinajstić information content (AvgIpc) is 2.88. The predicted octanol–water partition coefficient (Wildman–Crippen LogP) is 6.94. The highest BCUT2D eigenvalue weighted by Crippen LogP contribution is 2.47. The number of carbonyl (C=O) groups is 1. The lowest BCUT2D eigenvalue weighted by atomic mass is 9.69. The molecule has 1 saturated carbocycles. The highest BCUT2D eigenvalue weighted by molar-refractivity contribution is 5.86. The van der Waals surface area contributed by atoms with Crippen molar-refractivity contribution < 1.29 is 4.79 Å². The van der Waals surface area contributed by atoms with E-state index in [1.807, 2.05) is 0 Å². The van der Waals surface area contributed by atoms with Gasteiger partial charge >= 0.3 is 0 Å². The molecule has 0 heterocycles. The van der Waals surface area contributed by atoms with Gasteiger partial charge in [0.15, 0.2) is 0 Å². The van der Waals surface area contributed by atoms with Crippen molar-refractivity contribution >= 4 is 5.78 Å². The van der Waals surface area contributed by atoms with Gasteiger partial charge in [0, 0.05) is 11.8 Å². The minimum absolute atomic E-state index is 0.0584. The van der Waals surface area contributed by atoms with Crippen molar-refractivity contribution in [3.8, 4) is 0 Å². The molecule has 0 bridgehead atoms. The Labute approximate surface area is 139 Å². The number of Topliss-reactive ketones (excluding diaryl/α,β-unsaturated/α-hetero) is 1. The van der Waals surface area contributed by atoms with Crippen LogP contribution in [0.15, 0.2) is 0 Å². The molecule has 1 aliphatic rings.